The van der Waals surface area contributed by atoms with Gasteiger partial charge in [-0.05, 0) is 50.3 Å². The van der Waals surface area contributed by atoms with Crippen LogP contribution >= 0.6 is 11.6 Å². The molecule has 10 nitrogen and oxygen atoms in total. The van der Waals surface area contributed by atoms with Crippen molar-refractivity contribution in [2.75, 3.05) is 42.7 Å². The maximum absolute atomic E-state index is 16.8. The second-order valence-electron chi connectivity index (χ2n) is 11.7. The third kappa shape index (κ3) is 4.81. The third-order valence-electron chi connectivity index (χ3n) is 8.75. The van der Waals surface area contributed by atoms with Gasteiger partial charge in [0, 0.05) is 11.8 Å². The van der Waals surface area contributed by atoms with Crippen molar-refractivity contribution in [1.82, 2.24) is 19.9 Å². The van der Waals surface area contributed by atoms with Crippen molar-refractivity contribution in [1.29, 1.82) is 0 Å². The number of nitrogen functional groups attached to an aromatic ring is 2. The Kier molecular flexibility index (Phi) is 6.85. The highest BCUT2D eigenvalue weighted by Crippen LogP contribution is 2.52. The number of fused-ring (bicyclic) bond motifs is 1. The summed E-state index contributed by atoms with van der Waals surface area (Å²) in [5.74, 6) is -0.530. The van der Waals surface area contributed by atoms with E-state index in [1.54, 1.807) is 12.3 Å². The maximum atomic E-state index is 16.8. The molecule has 4 aromatic rings. The van der Waals surface area contributed by atoms with E-state index < -0.39 is 45.5 Å². The fourth-order valence-corrected chi connectivity index (χ4v) is 6.97. The van der Waals surface area contributed by atoms with Gasteiger partial charge >= 0.3 is 12.2 Å². The topological polar surface area (TPSA) is 135 Å². The fraction of sp³-hybridized carbons (Fsp3) is 0.400. The SMILES string of the molecule is Cc1cc(N)nc(-c2c(Cl)c3c4c(nc(OCC56CC(CO5)C6)nc4c2F)N([C@H](C)c2cccnc2N)CCO3)c1C(F)(F)F. The number of aryl methyl sites for hydroxylation is 1. The van der Waals surface area contributed by atoms with Gasteiger partial charge < -0.3 is 30.6 Å². The lowest BCUT2D eigenvalue weighted by molar-refractivity contribution is -0.137. The number of halogens is 5. The summed E-state index contributed by atoms with van der Waals surface area (Å²) < 4.78 is 77.8. The van der Waals surface area contributed by atoms with Crippen LogP contribution in [0.5, 0.6) is 11.8 Å². The smallest absolute Gasteiger partial charge is 0.418 e. The van der Waals surface area contributed by atoms with E-state index in [0.29, 0.717) is 18.1 Å². The van der Waals surface area contributed by atoms with Gasteiger partial charge in [-0.1, -0.05) is 17.7 Å². The van der Waals surface area contributed by atoms with Gasteiger partial charge in [0.2, 0.25) is 0 Å². The van der Waals surface area contributed by atoms with E-state index >= 15 is 4.39 Å². The first-order valence-corrected chi connectivity index (χ1v) is 14.7. The molecular formula is C30H28ClF4N7O3. The van der Waals surface area contributed by atoms with Gasteiger partial charge in [0.05, 0.1) is 46.4 Å². The first kappa shape index (κ1) is 29.5. The van der Waals surface area contributed by atoms with Crippen molar-refractivity contribution in [3.63, 3.8) is 0 Å². The van der Waals surface area contributed by atoms with Gasteiger partial charge in [-0.3, -0.25) is 0 Å². The summed E-state index contributed by atoms with van der Waals surface area (Å²) in [6.07, 6.45) is -1.69. The van der Waals surface area contributed by atoms with Crippen molar-refractivity contribution in [2.45, 2.75) is 44.5 Å². The molecule has 6 heterocycles. The predicted octanol–water partition coefficient (Wildman–Crippen LogP) is 5.89. The number of pyridine rings is 2. The number of hydrogen-bond acceptors (Lipinski definition) is 10. The Balaban J connectivity index is 1.47. The van der Waals surface area contributed by atoms with Crippen LogP contribution in [0.3, 0.4) is 0 Å². The number of nitrogens with zero attached hydrogens (tertiary/aromatic N) is 5. The van der Waals surface area contributed by atoms with E-state index in [4.69, 9.17) is 37.3 Å². The van der Waals surface area contributed by atoms with Gasteiger partial charge in [-0.2, -0.15) is 23.1 Å². The number of rotatable bonds is 6. The van der Waals surface area contributed by atoms with E-state index in [9.17, 15) is 13.2 Å². The molecule has 3 aromatic heterocycles. The standard InChI is InChI=1S/C30H28ClF4N7O3/c1-13-8-17(36)39-23(20(13)30(33,34)35)18-21(31)25-19-24(22(18)32)40-28(44-12-29-9-15(10-29)11-45-29)41-27(19)42(6-7-43-25)14(2)16-4-3-5-38-26(16)37/h3-5,8,14-15H,6-7,9-12H2,1-2H3,(H2,36,39)(H2,37,38)/t14-,15?,29?/m1/s1. The Morgan fingerprint density at radius 3 is 2.69 bits per heavy atom. The molecule has 2 saturated heterocycles. The van der Waals surface area contributed by atoms with E-state index in [0.717, 1.165) is 18.9 Å². The molecular weight excluding hydrogens is 618 g/mol. The molecule has 1 aromatic carbocycles. The average Bonchev–Trinajstić information content (AvgIpc) is 3.50. The number of nitrogens with two attached hydrogens (primary N) is 2. The first-order chi connectivity index (χ1) is 21.4. The number of anilines is 3. The monoisotopic (exact) mass is 645 g/mol. The zero-order valence-electron chi connectivity index (χ0n) is 24.2. The van der Waals surface area contributed by atoms with Gasteiger partial charge in [0.25, 0.3) is 0 Å². The lowest BCUT2D eigenvalue weighted by atomic mass is 9.75. The maximum Gasteiger partial charge on any atom is 0.418 e. The molecule has 8 rings (SSSR count). The summed E-state index contributed by atoms with van der Waals surface area (Å²) in [7, 11) is 0. The van der Waals surface area contributed by atoms with Crippen LogP contribution in [0, 0.1) is 18.7 Å². The summed E-state index contributed by atoms with van der Waals surface area (Å²) in [5, 5.41) is -0.357. The number of benzene rings is 1. The Labute approximate surface area is 259 Å². The molecule has 15 heteroatoms. The third-order valence-corrected chi connectivity index (χ3v) is 9.11. The summed E-state index contributed by atoms with van der Waals surface area (Å²) in [4.78, 5) is 19.0. The molecule has 0 radical (unpaired) electrons. The van der Waals surface area contributed by atoms with Crippen LogP contribution in [0.15, 0.2) is 24.4 Å². The van der Waals surface area contributed by atoms with Crippen LogP contribution < -0.4 is 25.8 Å². The Bertz CT molecular complexity index is 1850. The number of hydrogen-bond donors (Lipinski definition) is 2. The molecule has 0 unspecified atom stereocenters. The summed E-state index contributed by atoms with van der Waals surface area (Å²) in [6.45, 7) is 4.09. The van der Waals surface area contributed by atoms with Crippen molar-refractivity contribution < 1.29 is 31.8 Å². The Hall–Kier alpha value is -4.17. The molecule has 4 aliphatic rings. The second kappa shape index (κ2) is 10.4. The fourth-order valence-electron chi connectivity index (χ4n) is 6.65. The molecule has 2 bridgehead atoms. The number of alkyl halides is 3. The molecule has 1 atom stereocenters. The molecule has 45 heavy (non-hydrogen) atoms. The van der Waals surface area contributed by atoms with Crippen molar-refractivity contribution in [3.8, 4) is 23.0 Å². The van der Waals surface area contributed by atoms with Gasteiger partial charge in [-0.15, -0.1) is 0 Å². The lowest BCUT2D eigenvalue weighted by Gasteiger charge is -2.35. The van der Waals surface area contributed by atoms with Crippen molar-refractivity contribution in [2.24, 2.45) is 5.92 Å². The highest BCUT2D eigenvalue weighted by molar-refractivity contribution is 6.36. The molecule has 4 N–H and O–H groups in total. The highest BCUT2D eigenvalue weighted by atomic mass is 35.5. The summed E-state index contributed by atoms with van der Waals surface area (Å²) in [5.41, 5.74) is 9.06. The minimum atomic E-state index is -4.90. The van der Waals surface area contributed by atoms with E-state index in [1.807, 2.05) is 17.9 Å². The quantitative estimate of drug-likeness (QED) is 0.245. The van der Waals surface area contributed by atoms with Crippen LogP contribution in [-0.4, -0.2) is 51.9 Å². The van der Waals surface area contributed by atoms with Gasteiger partial charge in [0.1, 0.15) is 41.8 Å². The van der Waals surface area contributed by atoms with Crippen LogP contribution in [0.1, 0.15) is 42.5 Å². The normalized spacial score (nSPS) is 21.3. The molecule has 3 fully saturated rings. The summed E-state index contributed by atoms with van der Waals surface area (Å²) >= 11 is 6.75. The molecule has 1 saturated carbocycles. The van der Waals surface area contributed by atoms with E-state index in [2.05, 4.69) is 19.9 Å². The van der Waals surface area contributed by atoms with E-state index in [-0.39, 0.29) is 65.4 Å². The van der Waals surface area contributed by atoms with Gasteiger partial charge in [-0.25, -0.2) is 14.4 Å². The van der Waals surface area contributed by atoms with Crippen LogP contribution in [0.4, 0.5) is 35.0 Å². The largest absolute Gasteiger partial charge is 0.489 e. The minimum Gasteiger partial charge on any atom is -0.489 e. The number of aromatic nitrogens is 4. The molecule has 0 spiro atoms. The lowest BCUT2D eigenvalue weighted by Crippen LogP contribution is -2.42. The Morgan fingerprint density at radius 1 is 1.22 bits per heavy atom. The zero-order chi connectivity index (χ0) is 31.8. The minimum absolute atomic E-state index is 0.0187. The zero-order valence-corrected chi connectivity index (χ0v) is 25.0. The number of ether oxygens (including phenoxy) is 3. The molecule has 1 aliphatic carbocycles. The molecule has 0 amide bonds. The Morgan fingerprint density at radius 2 is 2.00 bits per heavy atom. The van der Waals surface area contributed by atoms with Crippen molar-refractivity contribution >= 4 is 40.0 Å². The first-order valence-electron chi connectivity index (χ1n) is 14.3. The summed E-state index contributed by atoms with van der Waals surface area (Å²) in [6, 6.07) is 3.98. The molecule has 3 aliphatic heterocycles. The predicted molar refractivity (Wildman–Crippen MR) is 159 cm³/mol. The van der Waals surface area contributed by atoms with Crippen LogP contribution in [0.2, 0.25) is 5.02 Å². The van der Waals surface area contributed by atoms with Crippen LogP contribution in [-0.2, 0) is 10.9 Å². The van der Waals surface area contributed by atoms with Crippen molar-refractivity contribution in [3.05, 3.63) is 51.9 Å². The highest BCUT2D eigenvalue weighted by Gasteiger charge is 2.53. The second-order valence-corrected chi connectivity index (χ2v) is 12.1. The van der Waals surface area contributed by atoms with Crippen LogP contribution in [0.25, 0.3) is 22.2 Å². The van der Waals surface area contributed by atoms with Gasteiger partial charge in [0.15, 0.2) is 11.6 Å². The average molecular weight is 646 g/mol. The van der Waals surface area contributed by atoms with E-state index in [1.165, 1.54) is 6.92 Å². The molecule has 236 valence electrons.